The summed E-state index contributed by atoms with van der Waals surface area (Å²) in [5.74, 6) is 0.719. The van der Waals surface area contributed by atoms with Crippen molar-refractivity contribution in [2.24, 2.45) is 0 Å². The summed E-state index contributed by atoms with van der Waals surface area (Å²) in [5.41, 5.74) is 3.01. The Balaban J connectivity index is 1.54. The number of nitro groups is 1. The Bertz CT molecular complexity index is 1050. The van der Waals surface area contributed by atoms with Crippen LogP contribution >= 0.6 is 0 Å². The maximum Gasteiger partial charge on any atom is 0.270 e. The number of nitrogens with zero attached hydrogens (tertiary/aromatic N) is 3. The van der Waals surface area contributed by atoms with Gasteiger partial charge in [-0.15, -0.1) is 0 Å². The molecule has 1 aromatic heterocycles. The molecule has 3 rings (SSSR count). The molecule has 0 aliphatic rings. The van der Waals surface area contributed by atoms with E-state index in [0.29, 0.717) is 24.9 Å². The first kappa shape index (κ1) is 20.7. The van der Waals surface area contributed by atoms with Crippen molar-refractivity contribution in [1.82, 2.24) is 15.3 Å². The van der Waals surface area contributed by atoms with Crippen LogP contribution < -0.4 is 16.0 Å². The fourth-order valence-electron chi connectivity index (χ4n) is 2.71. The highest BCUT2D eigenvalue weighted by Gasteiger charge is 2.11. The van der Waals surface area contributed by atoms with Crippen LogP contribution in [0.3, 0.4) is 0 Å². The average Bonchev–Trinajstić information content (AvgIpc) is 2.72. The molecule has 0 radical (unpaired) electrons. The number of carbonyl (C=O) groups excluding carboxylic acids is 1. The van der Waals surface area contributed by atoms with Gasteiger partial charge in [-0.1, -0.05) is 23.8 Å². The van der Waals surface area contributed by atoms with Crippen LogP contribution in [0.2, 0.25) is 0 Å². The zero-order valence-corrected chi connectivity index (χ0v) is 16.7. The van der Waals surface area contributed by atoms with Crippen LogP contribution in [0.5, 0.6) is 0 Å². The van der Waals surface area contributed by atoms with Crippen LogP contribution in [0.15, 0.2) is 54.6 Å². The second kappa shape index (κ2) is 9.46. The van der Waals surface area contributed by atoms with Gasteiger partial charge in [-0.2, -0.15) is 4.98 Å². The molecule has 2 aromatic carbocycles. The number of hydrogen-bond acceptors (Lipinski definition) is 7. The standard InChI is InChI=1S/C21H22N6O3/c1-14-6-8-17(9-7-14)25-19-12-15(2)24-21(26-19)23-11-10-22-20(28)16-4-3-5-18(13-16)27(29)30/h3-9,12-13H,10-11H2,1-2H3,(H,22,28)(H2,23,24,25,26). The molecule has 0 unspecified atom stereocenters. The molecule has 9 nitrogen and oxygen atoms in total. The Morgan fingerprint density at radius 3 is 2.53 bits per heavy atom. The number of amides is 1. The molecule has 0 bridgehead atoms. The third-order valence-corrected chi connectivity index (χ3v) is 4.19. The number of carbonyl (C=O) groups is 1. The van der Waals surface area contributed by atoms with Gasteiger partial charge in [0, 0.05) is 48.2 Å². The number of benzene rings is 2. The topological polar surface area (TPSA) is 122 Å². The van der Waals surface area contributed by atoms with E-state index >= 15 is 0 Å². The summed E-state index contributed by atoms with van der Waals surface area (Å²) in [4.78, 5) is 31.2. The molecule has 0 atom stereocenters. The van der Waals surface area contributed by atoms with Crippen LogP contribution in [-0.4, -0.2) is 33.9 Å². The molecule has 0 spiro atoms. The first-order valence-electron chi connectivity index (χ1n) is 9.36. The predicted molar refractivity (Wildman–Crippen MR) is 115 cm³/mol. The number of nitrogens with one attached hydrogen (secondary N) is 3. The summed E-state index contributed by atoms with van der Waals surface area (Å²) in [6, 6.07) is 15.4. The summed E-state index contributed by atoms with van der Waals surface area (Å²) in [5, 5.41) is 19.9. The molecule has 0 saturated carbocycles. The van der Waals surface area contributed by atoms with E-state index in [4.69, 9.17) is 0 Å². The molecular weight excluding hydrogens is 384 g/mol. The SMILES string of the molecule is Cc1ccc(Nc2cc(C)nc(NCCNC(=O)c3cccc([N+](=O)[O-])c3)n2)cc1. The largest absolute Gasteiger partial charge is 0.352 e. The molecule has 0 fully saturated rings. The Labute approximate surface area is 173 Å². The van der Waals surface area contributed by atoms with Gasteiger partial charge in [0.15, 0.2) is 0 Å². The lowest BCUT2D eigenvalue weighted by molar-refractivity contribution is -0.384. The minimum atomic E-state index is -0.532. The average molecular weight is 406 g/mol. The monoisotopic (exact) mass is 406 g/mol. The Morgan fingerprint density at radius 2 is 1.80 bits per heavy atom. The lowest BCUT2D eigenvalue weighted by Crippen LogP contribution is -2.29. The van der Waals surface area contributed by atoms with E-state index in [1.165, 1.54) is 29.8 Å². The van der Waals surface area contributed by atoms with Crippen LogP contribution in [0.25, 0.3) is 0 Å². The van der Waals surface area contributed by atoms with Crippen molar-refractivity contribution in [3.63, 3.8) is 0 Å². The zero-order chi connectivity index (χ0) is 21.5. The van der Waals surface area contributed by atoms with Gasteiger partial charge in [0.1, 0.15) is 5.82 Å². The molecule has 3 aromatic rings. The van der Waals surface area contributed by atoms with Crippen LogP contribution in [0, 0.1) is 24.0 Å². The van der Waals surface area contributed by atoms with Crippen LogP contribution in [0.1, 0.15) is 21.6 Å². The fourth-order valence-corrected chi connectivity index (χ4v) is 2.71. The van der Waals surface area contributed by atoms with Crippen molar-refractivity contribution in [2.75, 3.05) is 23.7 Å². The number of non-ortho nitro benzene ring substituents is 1. The summed E-state index contributed by atoms with van der Waals surface area (Å²) >= 11 is 0. The van der Waals surface area contributed by atoms with Gasteiger partial charge in [-0.25, -0.2) is 4.98 Å². The smallest absolute Gasteiger partial charge is 0.270 e. The highest BCUT2D eigenvalue weighted by atomic mass is 16.6. The molecule has 1 amide bonds. The van der Waals surface area contributed by atoms with Gasteiger partial charge in [-0.05, 0) is 32.0 Å². The van der Waals surface area contributed by atoms with Crippen molar-refractivity contribution in [3.05, 3.63) is 81.5 Å². The molecule has 1 heterocycles. The molecule has 154 valence electrons. The first-order valence-corrected chi connectivity index (χ1v) is 9.36. The Kier molecular flexibility index (Phi) is 6.53. The molecule has 0 aliphatic heterocycles. The minimum absolute atomic E-state index is 0.123. The highest BCUT2D eigenvalue weighted by molar-refractivity contribution is 5.94. The summed E-state index contributed by atoms with van der Waals surface area (Å²) in [6.45, 7) is 4.60. The molecule has 3 N–H and O–H groups in total. The highest BCUT2D eigenvalue weighted by Crippen LogP contribution is 2.17. The minimum Gasteiger partial charge on any atom is -0.352 e. The van der Waals surface area contributed by atoms with Crippen molar-refractivity contribution in [2.45, 2.75) is 13.8 Å². The molecule has 0 saturated heterocycles. The van der Waals surface area contributed by atoms with Gasteiger partial charge >= 0.3 is 0 Å². The van der Waals surface area contributed by atoms with Crippen molar-refractivity contribution in [3.8, 4) is 0 Å². The second-order valence-corrected chi connectivity index (χ2v) is 6.70. The van der Waals surface area contributed by atoms with E-state index in [9.17, 15) is 14.9 Å². The van der Waals surface area contributed by atoms with E-state index in [-0.39, 0.29) is 17.2 Å². The number of rotatable bonds is 8. The van der Waals surface area contributed by atoms with E-state index in [1.807, 2.05) is 44.2 Å². The molecular formula is C21H22N6O3. The van der Waals surface area contributed by atoms with E-state index < -0.39 is 4.92 Å². The lowest BCUT2D eigenvalue weighted by Gasteiger charge is -2.11. The number of aromatic nitrogens is 2. The number of aryl methyl sites for hydroxylation is 2. The Morgan fingerprint density at radius 1 is 1.03 bits per heavy atom. The summed E-state index contributed by atoms with van der Waals surface area (Å²) in [6.07, 6.45) is 0. The number of nitro benzene ring substituents is 1. The third-order valence-electron chi connectivity index (χ3n) is 4.19. The lowest BCUT2D eigenvalue weighted by atomic mass is 10.2. The maximum atomic E-state index is 12.2. The fraction of sp³-hybridized carbons (Fsp3) is 0.190. The van der Waals surface area contributed by atoms with E-state index in [0.717, 1.165) is 11.4 Å². The van der Waals surface area contributed by atoms with E-state index in [2.05, 4.69) is 25.9 Å². The zero-order valence-electron chi connectivity index (χ0n) is 16.7. The predicted octanol–water partition coefficient (Wildman–Crippen LogP) is 3.59. The van der Waals surface area contributed by atoms with Gasteiger partial charge < -0.3 is 16.0 Å². The number of anilines is 3. The van der Waals surface area contributed by atoms with Gasteiger partial charge in [0.05, 0.1) is 4.92 Å². The second-order valence-electron chi connectivity index (χ2n) is 6.70. The maximum absolute atomic E-state index is 12.2. The molecule has 30 heavy (non-hydrogen) atoms. The van der Waals surface area contributed by atoms with Gasteiger partial charge in [0.2, 0.25) is 5.95 Å². The van der Waals surface area contributed by atoms with Crippen LogP contribution in [-0.2, 0) is 0 Å². The third kappa shape index (κ3) is 5.74. The summed E-state index contributed by atoms with van der Waals surface area (Å²) < 4.78 is 0. The van der Waals surface area contributed by atoms with Crippen molar-refractivity contribution in [1.29, 1.82) is 0 Å². The molecule has 0 aliphatic carbocycles. The normalized spacial score (nSPS) is 10.3. The van der Waals surface area contributed by atoms with Crippen LogP contribution in [0.4, 0.5) is 23.1 Å². The van der Waals surface area contributed by atoms with Crippen molar-refractivity contribution >= 4 is 29.0 Å². The Hall–Kier alpha value is -4.01. The first-order chi connectivity index (χ1) is 14.4. The quantitative estimate of drug-likeness (QED) is 0.297. The van der Waals surface area contributed by atoms with Crippen molar-refractivity contribution < 1.29 is 9.72 Å². The van der Waals surface area contributed by atoms with E-state index in [1.54, 1.807) is 0 Å². The van der Waals surface area contributed by atoms with Gasteiger partial charge in [0.25, 0.3) is 11.6 Å². The molecule has 9 heteroatoms. The van der Waals surface area contributed by atoms with Gasteiger partial charge in [-0.3, -0.25) is 14.9 Å². The summed E-state index contributed by atoms with van der Waals surface area (Å²) in [7, 11) is 0. The number of hydrogen-bond donors (Lipinski definition) is 3.